The highest BCUT2D eigenvalue weighted by atomic mass is 32.1. The van der Waals surface area contributed by atoms with Crippen LogP contribution in [0.15, 0.2) is 41.8 Å². The summed E-state index contributed by atoms with van der Waals surface area (Å²) in [5, 5.41) is 12.1. The fourth-order valence-corrected chi connectivity index (χ4v) is 2.38. The molecule has 3 heteroatoms. The van der Waals surface area contributed by atoms with Crippen LogP contribution in [0.25, 0.3) is 0 Å². The van der Waals surface area contributed by atoms with Crippen LogP contribution >= 0.6 is 11.3 Å². The summed E-state index contributed by atoms with van der Waals surface area (Å²) in [6.45, 7) is 0.660. The maximum atomic E-state index is 10.1. The molecule has 3 N–H and O–H groups in total. The van der Waals surface area contributed by atoms with Crippen LogP contribution < -0.4 is 5.73 Å². The van der Waals surface area contributed by atoms with Crippen molar-refractivity contribution >= 4 is 11.3 Å². The van der Waals surface area contributed by atoms with E-state index < -0.39 is 6.10 Å². The van der Waals surface area contributed by atoms with Gasteiger partial charge in [0.2, 0.25) is 0 Å². The topological polar surface area (TPSA) is 46.2 Å². The molecular formula is C13H15NOS. The number of rotatable bonds is 4. The highest BCUT2D eigenvalue weighted by Crippen LogP contribution is 2.25. The Labute approximate surface area is 99.4 Å². The quantitative estimate of drug-likeness (QED) is 0.851. The van der Waals surface area contributed by atoms with E-state index in [0.717, 1.165) is 16.9 Å². The summed E-state index contributed by atoms with van der Waals surface area (Å²) < 4.78 is 0. The van der Waals surface area contributed by atoms with Gasteiger partial charge in [0.05, 0.1) is 0 Å². The predicted octanol–water partition coefficient (Wildman–Crippen LogP) is 2.33. The Bertz CT molecular complexity index is 422. The van der Waals surface area contributed by atoms with Crippen molar-refractivity contribution in [3.63, 3.8) is 0 Å². The van der Waals surface area contributed by atoms with Gasteiger partial charge in [-0.25, -0.2) is 0 Å². The number of benzene rings is 1. The SMILES string of the molecule is NCCc1ccc(C(O)c2cccs2)cc1. The summed E-state index contributed by atoms with van der Waals surface area (Å²) in [6, 6.07) is 11.9. The second-order valence-corrected chi connectivity index (χ2v) is 4.68. The van der Waals surface area contributed by atoms with Crippen LogP contribution in [0.4, 0.5) is 0 Å². The molecule has 0 amide bonds. The van der Waals surface area contributed by atoms with Crippen molar-refractivity contribution in [2.24, 2.45) is 5.73 Å². The number of aliphatic hydroxyl groups excluding tert-OH is 1. The average molecular weight is 233 g/mol. The number of nitrogens with two attached hydrogens (primary N) is 1. The molecule has 1 heterocycles. The lowest BCUT2D eigenvalue weighted by Crippen LogP contribution is -2.03. The molecule has 1 aromatic heterocycles. The molecule has 0 saturated carbocycles. The van der Waals surface area contributed by atoms with Crippen molar-refractivity contribution in [2.45, 2.75) is 12.5 Å². The Kier molecular flexibility index (Phi) is 3.72. The van der Waals surface area contributed by atoms with Crippen LogP contribution in [0.5, 0.6) is 0 Å². The van der Waals surface area contributed by atoms with E-state index in [2.05, 4.69) is 0 Å². The Morgan fingerprint density at radius 2 is 1.94 bits per heavy atom. The van der Waals surface area contributed by atoms with Gasteiger partial charge >= 0.3 is 0 Å². The molecule has 0 aliphatic carbocycles. The van der Waals surface area contributed by atoms with Crippen molar-refractivity contribution in [3.05, 3.63) is 57.8 Å². The molecule has 0 saturated heterocycles. The number of thiophene rings is 1. The molecule has 84 valence electrons. The minimum atomic E-state index is -0.507. The van der Waals surface area contributed by atoms with Crippen LogP contribution in [0.2, 0.25) is 0 Å². The second kappa shape index (κ2) is 5.25. The van der Waals surface area contributed by atoms with Gasteiger partial charge in [0.25, 0.3) is 0 Å². The second-order valence-electron chi connectivity index (χ2n) is 3.70. The lowest BCUT2D eigenvalue weighted by atomic mass is 10.0. The maximum absolute atomic E-state index is 10.1. The molecule has 1 aromatic carbocycles. The smallest absolute Gasteiger partial charge is 0.113 e. The van der Waals surface area contributed by atoms with E-state index in [-0.39, 0.29) is 0 Å². The summed E-state index contributed by atoms with van der Waals surface area (Å²) in [4.78, 5) is 0.978. The molecule has 0 spiro atoms. The van der Waals surface area contributed by atoms with Gasteiger partial charge in [0.1, 0.15) is 6.10 Å². The first-order valence-electron chi connectivity index (χ1n) is 5.31. The first kappa shape index (κ1) is 11.3. The van der Waals surface area contributed by atoms with Crippen molar-refractivity contribution in [1.29, 1.82) is 0 Å². The largest absolute Gasteiger partial charge is 0.383 e. The van der Waals surface area contributed by atoms with Gasteiger partial charge in [-0.2, -0.15) is 0 Å². The summed E-state index contributed by atoms with van der Waals surface area (Å²) in [5.74, 6) is 0. The minimum Gasteiger partial charge on any atom is -0.383 e. The van der Waals surface area contributed by atoms with E-state index in [1.165, 1.54) is 5.56 Å². The Morgan fingerprint density at radius 1 is 1.19 bits per heavy atom. The van der Waals surface area contributed by atoms with E-state index in [1.807, 2.05) is 41.8 Å². The Balaban J connectivity index is 2.15. The summed E-state index contributed by atoms with van der Waals surface area (Å²) >= 11 is 1.57. The molecule has 0 aliphatic heterocycles. The van der Waals surface area contributed by atoms with Crippen molar-refractivity contribution in [2.75, 3.05) is 6.54 Å². The molecule has 0 radical (unpaired) electrons. The number of aliphatic hydroxyl groups is 1. The Hall–Kier alpha value is -1.16. The van der Waals surface area contributed by atoms with E-state index >= 15 is 0 Å². The van der Waals surface area contributed by atoms with E-state index in [0.29, 0.717) is 6.54 Å². The molecule has 0 fully saturated rings. The molecule has 1 atom stereocenters. The highest BCUT2D eigenvalue weighted by Gasteiger charge is 2.10. The van der Waals surface area contributed by atoms with Crippen LogP contribution in [-0.2, 0) is 6.42 Å². The lowest BCUT2D eigenvalue weighted by Gasteiger charge is -2.09. The standard InChI is InChI=1S/C13H15NOS/c14-8-7-10-3-5-11(6-4-10)13(15)12-2-1-9-16-12/h1-6,9,13,15H,7-8,14H2. The zero-order valence-corrected chi connectivity index (χ0v) is 9.78. The van der Waals surface area contributed by atoms with Gasteiger partial charge in [0.15, 0.2) is 0 Å². The van der Waals surface area contributed by atoms with Crippen molar-refractivity contribution in [1.82, 2.24) is 0 Å². The van der Waals surface area contributed by atoms with E-state index in [9.17, 15) is 5.11 Å². The molecular weight excluding hydrogens is 218 g/mol. The first-order valence-corrected chi connectivity index (χ1v) is 6.19. The van der Waals surface area contributed by atoms with E-state index in [1.54, 1.807) is 11.3 Å². The van der Waals surface area contributed by atoms with Crippen LogP contribution in [-0.4, -0.2) is 11.7 Å². The first-order chi connectivity index (χ1) is 7.81. The normalized spacial score (nSPS) is 12.6. The number of hydrogen-bond acceptors (Lipinski definition) is 3. The van der Waals surface area contributed by atoms with Gasteiger partial charge in [-0.3, -0.25) is 0 Å². The fraction of sp³-hybridized carbons (Fsp3) is 0.231. The summed E-state index contributed by atoms with van der Waals surface area (Å²) in [6.07, 6.45) is 0.377. The van der Waals surface area contributed by atoms with Crippen LogP contribution in [0, 0.1) is 0 Å². The van der Waals surface area contributed by atoms with Gasteiger partial charge in [-0.15, -0.1) is 11.3 Å². The number of hydrogen-bond donors (Lipinski definition) is 2. The predicted molar refractivity (Wildman–Crippen MR) is 67.6 cm³/mol. The third kappa shape index (κ3) is 2.50. The summed E-state index contributed by atoms with van der Waals surface area (Å²) in [7, 11) is 0. The van der Waals surface area contributed by atoms with Gasteiger partial charge in [0, 0.05) is 4.88 Å². The van der Waals surface area contributed by atoms with Crippen LogP contribution in [0.3, 0.4) is 0 Å². The average Bonchev–Trinajstić information content (AvgIpc) is 2.83. The minimum absolute atomic E-state index is 0.507. The molecule has 2 nitrogen and oxygen atoms in total. The van der Waals surface area contributed by atoms with Crippen molar-refractivity contribution in [3.8, 4) is 0 Å². The molecule has 16 heavy (non-hydrogen) atoms. The van der Waals surface area contributed by atoms with Crippen molar-refractivity contribution < 1.29 is 5.11 Å². The summed E-state index contributed by atoms with van der Waals surface area (Å²) in [5.41, 5.74) is 7.63. The fourth-order valence-electron chi connectivity index (χ4n) is 1.64. The molecule has 0 aliphatic rings. The lowest BCUT2D eigenvalue weighted by molar-refractivity contribution is 0.224. The Morgan fingerprint density at radius 3 is 2.50 bits per heavy atom. The van der Waals surface area contributed by atoms with Gasteiger partial charge in [-0.1, -0.05) is 30.3 Å². The third-order valence-corrected chi connectivity index (χ3v) is 3.47. The maximum Gasteiger partial charge on any atom is 0.113 e. The molecule has 1 unspecified atom stereocenters. The monoisotopic (exact) mass is 233 g/mol. The van der Waals surface area contributed by atoms with Crippen LogP contribution in [0.1, 0.15) is 22.1 Å². The zero-order valence-electron chi connectivity index (χ0n) is 8.97. The zero-order chi connectivity index (χ0) is 11.4. The molecule has 2 rings (SSSR count). The van der Waals surface area contributed by atoms with Gasteiger partial charge in [-0.05, 0) is 35.5 Å². The van der Waals surface area contributed by atoms with E-state index in [4.69, 9.17) is 5.73 Å². The molecule has 0 bridgehead atoms. The van der Waals surface area contributed by atoms with Gasteiger partial charge < -0.3 is 10.8 Å². The third-order valence-electron chi connectivity index (χ3n) is 2.54. The molecule has 2 aromatic rings. The highest BCUT2D eigenvalue weighted by molar-refractivity contribution is 7.10.